The molecule has 1 N–H and O–H groups in total. The van der Waals surface area contributed by atoms with Crippen LogP contribution in [0.15, 0.2) is 70.7 Å². The van der Waals surface area contributed by atoms with Crippen molar-refractivity contribution in [2.75, 3.05) is 11.1 Å². The van der Waals surface area contributed by atoms with Crippen LogP contribution in [0.3, 0.4) is 0 Å². The van der Waals surface area contributed by atoms with Gasteiger partial charge in [0.25, 0.3) is 5.56 Å². The van der Waals surface area contributed by atoms with Gasteiger partial charge >= 0.3 is 0 Å². The number of aromatic nitrogens is 3. The summed E-state index contributed by atoms with van der Waals surface area (Å²) in [6.45, 7) is 2.36. The largest absolute Gasteiger partial charge is 0.309 e. The maximum atomic E-state index is 13.2. The molecule has 4 rings (SSSR count). The van der Waals surface area contributed by atoms with Gasteiger partial charge in [0.05, 0.1) is 33.2 Å². The monoisotopic (exact) mass is 484 g/mol. The van der Waals surface area contributed by atoms with E-state index in [0.29, 0.717) is 27.6 Å². The minimum absolute atomic E-state index is 0.0271. The Morgan fingerprint density at radius 1 is 1.12 bits per heavy atom. The second-order valence-electron chi connectivity index (χ2n) is 7.11. The van der Waals surface area contributed by atoms with E-state index in [0.717, 1.165) is 11.1 Å². The lowest BCUT2D eigenvalue weighted by molar-refractivity contribution is -0.113. The summed E-state index contributed by atoms with van der Waals surface area (Å²) < 4.78 is 1.60. The summed E-state index contributed by atoms with van der Waals surface area (Å²) in [5, 5.41) is 4.27. The van der Waals surface area contributed by atoms with Crippen LogP contribution >= 0.6 is 35.0 Å². The van der Waals surface area contributed by atoms with Crippen LogP contribution in [0.25, 0.3) is 10.9 Å². The number of carbonyl (C=O) groups excluding carboxylic acids is 1. The number of hydrogen-bond acceptors (Lipinski definition) is 5. The number of nitrogens with one attached hydrogen (secondary N) is 1. The van der Waals surface area contributed by atoms with Crippen molar-refractivity contribution in [3.63, 3.8) is 0 Å². The fourth-order valence-corrected chi connectivity index (χ4v) is 4.30. The van der Waals surface area contributed by atoms with Crippen LogP contribution in [0.5, 0.6) is 0 Å². The molecule has 0 bridgehead atoms. The zero-order valence-corrected chi connectivity index (χ0v) is 19.3. The smallest absolute Gasteiger partial charge is 0.262 e. The third-order valence-corrected chi connectivity index (χ3v) is 6.16. The molecular weight excluding hydrogens is 467 g/mol. The number of rotatable bonds is 6. The molecule has 162 valence electrons. The third-order valence-electron chi connectivity index (χ3n) is 4.69. The molecule has 9 heteroatoms. The molecule has 0 saturated carbocycles. The predicted octanol–water partition coefficient (Wildman–Crippen LogP) is 5.19. The summed E-state index contributed by atoms with van der Waals surface area (Å²) in [5.74, 6) is -0.0690. The summed E-state index contributed by atoms with van der Waals surface area (Å²) in [4.78, 5) is 34.4. The average Bonchev–Trinajstić information content (AvgIpc) is 2.78. The molecule has 2 aromatic carbocycles. The molecule has 0 atom stereocenters. The zero-order valence-electron chi connectivity index (χ0n) is 17.0. The fraction of sp³-hybridized carbons (Fsp3) is 0.130. The van der Waals surface area contributed by atoms with Crippen LogP contribution in [0.4, 0.5) is 5.82 Å². The highest BCUT2D eigenvalue weighted by atomic mass is 35.5. The molecule has 0 saturated heterocycles. The minimum atomic E-state index is -0.323. The van der Waals surface area contributed by atoms with Gasteiger partial charge in [-0.25, -0.2) is 9.97 Å². The van der Waals surface area contributed by atoms with Crippen LogP contribution < -0.4 is 10.9 Å². The second kappa shape index (κ2) is 9.73. The topological polar surface area (TPSA) is 76.9 Å². The quantitative estimate of drug-likeness (QED) is 0.301. The summed E-state index contributed by atoms with van der Waals surface area (Å²) in [7, 11) is 0. The lowest BCUT2D eigenvalue weighted by Gasteiger charge is -2.13. The van der Waals surface area contributed by atoms with Crippen molar-refractivity contribution in [2.24, 2.45) is 0 Å². The van der Waals surface area contributed by atoms with Crippen molar-refractivity contribution >= 4 is 57.6 Å². The summed E-state index contributed by atoms with van der Waals surface area (Å²) in [6.07, 6.45) is 1.40. The molecule has 6 nitrogen and oxygen atoms in total. The summed E-state index contributed by atoms with van der Waals surface area (Å²) in [5.41, 5.74) is 2.54. The molecule has 0 aliphatic carbocycles. The number of hydrogen-bond donors (Lipinski definition) is 1. The fourth-order valence-electron chi connectivity index (χ4n) is 3.08. The Morgan fingerprint density at radius 3 is 2.62 bits per heavy atom. The molecule has 4 aromatic rings. The predicted molar refractivity (Wildman–Crippen MR) is 130 cm³/mol. The summed E-state index contributed by atoms with van der Waals surface area (Å²) in [6, 6.07) is 16.6. The van der Waals surface area contributed by atoms with E-state index in [9.17, 15) is 9.59 Å². The highest BCUT2D eigenvalue weighted by molar-refractivity contribution is 7.99. The lowest BCUT2D eigenvalue weighted by atomic mass is 10.1. The van der Waals surface area contributed by atoms with E-state index >= 15 is 0 Å². The normalized spacial score (nSPS) is 11.0. The number of carbonyl (C=O) groups is 1. The molecule has 0 radical (unpaired) electrons. The number of para-hydroxylation sites is 1. The zero-order chi connectivity index (χ0) is 22.7. The molecule has 2 aromatic heterocycles. The maximum absolute atomic E-state index is 13.2. The van der Waals surface area contributed by atoms with Crippen molar-refractivity contribution in [3.8, 4) is 0 Å². The van der Waals surface area contributed by atoms with Crippen LogP contribution in [0.2, 0.25) is 10.0 Å². The van der Waals surface area contributed by atoms with Gasteiger partial charge in [-0.1, -0.05) is 76.9 Å². The second-order valence-corrected chi connectivity index (χ2v) is 8.90. The Balaban J connectivity index is 1.61. The average molecular weight is 485 g/mol. The SMILES string of the molecule is Cc1ccc(Cn2c(SCC(=O)Nc3ncc(Cl)cc3Cl)nc3ccccc3c2=O)cc1. The number of nitrogens with zero attached hydrogens (tertiary/aromatic N) is 3. The van der Waals surface area contributed by atoms with E-state index in [-0.39, 0.29) is 28.1 Å². The Hall–Kier alpha value is -2.87. The number of halogens is 2. The van der Waals surface area contributed by atoms with E-state index in [1.165, 1.54) is 24.0 Å². The molecule has 1 amide bonds. The standard InChI is InChI=1S/C23H18Cl2N4O2S/c1-14-6-8-15(9-7-14)12-29-22(31)17-4-2-3-5-19(17)27-23(29)32-13-20(30)28-21-18(25)10-16(24)11-26-21/h2-11H,12-13H2,1H3,(H,26,28,30). The van der Waals surface area contributed by atoms with E-state index in [1.54, 1.807) is 16.7 Å². The van der Waals surface area contributed by atoms with Gasteiger partial charge in [-0.15, -0.1) is 0 Å². The van der Waals surface area contributed by atoms with E-state index in [2.05, 4.69) is 15.3 Å². The number of anilines is 1. The van der Waals surface area contributed by atoms with Crippen LogP contribution in [0.1, 0.15) is 11.1 Å². The molecule has 0 fully saturated rings. The Morgan fingerprint density at radius 2 is 1.88 bits per heavy atom. The highest BCUT2D eigenvalue weighted by Gasteiger charge is 2.15. The van der Waals surface area contributed by atoms with Crippen LogP contribution in [0, 0.1) is 6.92 Å². The number of thioether (sulfide) groups is 1. The van der Waals surface area contributed by atoms with Gasteiger partial charge in [0, 0.05) is 6.20 Å². The van der Waals surface area contributed by atoms with Crippen LogP contribution in [-0.4, -0.2) is 26.2 Å². The van der Waals surface area contributed by atoms with Crippen molar-refractivity contribution in [2.45, 2.75) is 18.6 Å². The van der Waals surface area contributed by atoms with E-state index < -0.39 is 0 Å². The number of pyridine rings is 1. The van der Waals surface area contributed by atoms with Gasteiger partial charge in [-0.05, 0) is 30.7 Å². The van der Waals surface area contributed by atoms with Gasteiger partial charge in [0.15, 0.2) is 11.0 Å². The molecule has 0 aliphatic rings. The first-order chi connectivity index (χ1) is 15.4. The molecule has 2 heterocycles. The van der Waals surface area contributed by atoms with Crippen LogP contribution in [-0.2, 0) is 11.3 Å². The number of fused-ring (bicyclic) bond motifs is 1. The van der Waals surface area contributed by atoms with Gasteiger partial charge in [0.1, 0.15) is 0 Å². The molecule has 0 aliphatic heterocycles. The highest BCUT2D eigenvalue weighted by Crippen LogP contribution is 2.24. The van der Waals surface area contributed by atoms with E-state index in [1.807, 2.05) is 43.3 Å². The number of aryl methyl sites for hydroxylation is 1. The first-order valence-corrected chi connectivity index (χ1v) is 11.4. The van der Waals surface area contributed by atoms with E-state index in [4.69, 9.17) is 23.2 Å². The van der Waals surface area contributed by atoms with Crippen molar-refractivity contribution in [3.05, 3.63) is 92.3 Å². The first-order valence-electron chi connectivity index (χ1n) is 9.69. The van der Waals surface area contributed by atoms with Crippen molar-refractivity contribution < 1.29 is 4.79 Å². The first kappa shape index (κ1) is 22.3. The molecule has 0 unspecified atom stereocenters. The van der Waals surface area contributed by atoms with Gasteiger partial charge in [0.2, 0.25) is 5.91 Å². The van der Waals surface area contributed by atoms with Crippen molar-refractivity contribution in [1.29, 1.82) is 0 Å². The van der Waals surface area contributed by atoms with Crippen molar-refractivity contribution in [1.82, 2.24) is 14.5 Å². The Kier molecular flexibility index (Phi) is 6.79. The van der Waals surface area contributed by atoms with Gasteiger partial charge in [-0.3, -0.25) is 14.2 Å². The maximum Gasteiger partial charge on any atom is 0.262 e. The third kappa shape index (κ3) is 5.12. The molecular formula is C23H18Cl2N4O2S. The van der Waals surface area contributed by atoms with Gasteiger partial charge in [-0.2, -0.15) is 0 Å². The molecule has 32 heavy (non-hydrogen) atoms. The molecule has 0 spiro atoms. The van der Waals surface area contributed by atoms with Gasteiger partial charge < -0.3 is 5.32 Å². The number of benzene rings is 2. The lowest BCUT2D eigenvalue weighted by Crippen LogP contribution is -2.25. The Labute approximate surface area is 198 Å². The minimum Gasteiger partial charge on any atom is -0.309 e. The number of amides is 1. The Bertz CT molecular complexity index is 1360. The summed E-state index contributed by atoms with van der Waals surface area (Å²) >= 11 is 13.1.